The van der Waals surface area contributed by atoms with Gasteiger partial charge in [0.25, 0.3) is 0 Å². The third kappa shape index (κ3) is 1.50. The quantitative estimate of drug-likeness (QED) is 0.763. The summed E-state index contributed by atoms with van der Waals surface area (Å²) in [7, 11) is 0. The largest absolute Gasteiger partial charge is 0.385 e. The van der Waals surface area contributed by atoms with E-state index >= 15 is 0 Å². The van der Waals surface area contributed by atoms with Crippen LogP contribution in [-0.4, -0.2) is 16.3 Å². The van der Waals surface area contributed by atoms with Crippen molar-refractivity contribution in [1.82, 2.24) is 9.78 Å². The zero-order valence-corrected chi connectivity index (χ0v) is 8.48. The van der Waals surface area contributed by atoms with Gasteiger partial charge in [0, 0.05) is 24.6 Å². The van der Waals surface area contributed by atoms with Crippen LogP contribution in [0.15, 0.2) is 36.7 Å². The molecule has 0 aliphatic carbocycles. The van der Waals surface area contributed by atoms with Crippen LogP contribution in [0, 0.1) is 0 Å². The molecular formula is C12H13N3. The molecule has 0 saturated heterocycles. The monoisotopic (exact) mass is 199 g/mol. The highest BCUT2D eigenvalue weighted by Crippen LogP contribution is 2.24. The lowest BCUT2D eigenvalue weighted by Gasteiger charge is -2.18. The van der Waals surface area contributed by atoms with Crippen LogP contribution in [0.5, 0.6) is 0 Å². The fraction of sp³-hybridized carbons (Fsp3) is 0.250. The fourth-order valence-electron chi connectivity index (χ4n) is 2.01. The number of fused-ring (bicyclic) bond motifs is 1. The molecule has 3 heteroatoms. The number of rotatable bonds is 1. The molecule has 0 fully saturated rings. The molecule has 2 heterocycles. The van der Waals surface area contributed by atoms with Crippen molar-refractivity contribution in [2.24, 2.45) is 0 Å². The second kappa shape index (κ2) is 3.42. The second-order valence-electron chi connectivity index (χ2n) is 3.82. The third-order valence-corrected chi connectivity index (χ3v) is 2.80. The maximum absolute atomic E-state index is 4.22. The molecule has 1 aromatic carbocycles. The van der Waals surface area contributed by atoms with Crippen LogP contribution in [0.1, 0.15) is 12.0 Å². The minimum absolute atomic E-state index is 1.08. The number of aryl methyl sites for hydroxylation is 1. The number of anilines is 1. The van der Waals surface area contributed by atoms with Crippen molar-refractivity contribution in [2.75, 3.05) is 11.9 Å². The normalized spacial score (nSPS) is 14.4. The Kier molecular flexibility index (Phi) is 1.95. The third-order valence-electron chi connectivity index (χ3n) is 2.80. The molecule has 15 heavy (non-hydrogen) atoms. The fourth-order valence-corrected chi connectivity index (χ4v) is 2.01. The number of benzene rings is 1. The van der Waals surface area contributed by atoms with Gasteiger partial charge in [0.15, 0.2) is 0 Å². The van der Waals surface area contributed by atoms with Crippen molar-refractivity contribution in [3.63, 3.8) is 0 Å². The molecule has 2 aromatic rings. The zero-order valence-electron chi connectivity index (χ0n) is 8.48. The van der Waals surface area contributed by atoms with Crippen LogP contribution in [0.3, 0.4) is 0 Å². The minimum atomic E-state index is 1.08. The van der Waals surface area contributed by atoms with Gasteiger partial charge in [-0.3, -0.25) is 0 Å². The first-order valence-corrected chi connectivity index (χ1v) is 5.30. The Labute approximate surface area is 88.7 Å². The van der Waals surface area contributed by atoms with Crippen molar-refractivity contribution in [3.8, 4) is 5.69 Å². The van der Waals surface area contributed by atoms with E-state index in [0.29, 0.717) is 0 Å². The van der Waals surface area contributed by atoms with Gasteiger partial charge in [-0.15, -0.1) is 0 Å². The van der Waals surface area contributed by atoms with Crippen LogP contribution in [-0.2, 0) is 6.42 Å². The van der Waals surface area contributed by atoms with Gasteiger partial charge in [0.2, 0.25) is 0 Å². The van der Waals surface area contributed by atoms with Crippen LogP contribution in [0.25, 0.3) is 5.69 Å². The molecule has 0 spiro atoms. The summed E-state index contributed by atoms with van der Waals surface area (Å²) in [6.45, 7) is 1.08. The van der Waals surface area contributed by atoms with Crippen LogP contribution >= 0.6 is 0 Å². The number of aromatic nitrogens is 2. The Morgan fingerprint density at radius 2 is 2.33 bits per heavy atom. The van der Waals surface area contributed by atoms with Gasteiger partial charge in [-0.05, 0) is 36.6 Å². The molecule has 1 N–H and O–H groups in total. The van der Waals surface area contributed by atoms with Crippen molar-refractivity contribution in [1.29, 1.82) is 0 Å². The van der Waals surface area contributed by atoms with Gasteiger partial charge in [-0.2, -0.15) is 5.10 Å². The SMILES string of the molecule is c1cnn(-c2ccc3c(c2)NCCC3)c1. The van der Waals surface area contributed by atoms with Crippen molar-refractivity contribution < 1.29 is 0 Å². The van der Waals surface area contributed by atoms with E-state index in [-0.39, 0.29) is 0 Å². The first-order chi connectivity index (χ1) is 7.43. The topological polar surface area (TPSA) is 29.9 Å². The van der Waals surface area contributed by atoms with E-state index in [1.807, 2.05) is 16.9 Å². The maximum Gasteiger partial charge on any atom is 0.0666 e. The van der Waals surface area contributed by atoms with Crippen LogP contribution in [0.2, 0.25) is 0 Å². The van der Waals surface area contributed by atoms with E-state index in [1.165, 1.54) is 24.1 Å². The van der Waals surface area contributed by atoms with Crippen molar-refractivity contribution in [2.45, 2.75) is 12.8 Å². The summed E-state index contributed by atoms with van der Waals surface area (Å²) in [4.78, 5) is 0. The molecule has 76 valence electrons. The Bertz CT molecular complexity index is 460. The standard InChI is InChI=1S/C12H13N3/c1-3-10-4-5-11(9-12(10)13-6-1)15-8-2-7-14-15/h2,4-5,7-9,13H,1,3,6H2. The Morgan fingerprint density at radius 3 is 3.20 bits per heavy atom. The molecule has 0 amide bonds. The van der Waals surface area contributed by atoms with Crippen LogP contribution in [0.4, 0.5) is 5.69 Å². The van der Waals surface area contributed by atoms with Gasteiger partial charge in [0.1, 0.15) is 0 Å². The van der Waals surface area contributed by atoms with Crippen LogP contribution < -0.4 is 5.32 Å². The summed E-state index contributed by atoms with van der Waals surface area (Å²) in [5.74, 6) is 0. The molecule has 0 bridgehead atoms. The maximum atomic E-state index is 4.22. The van der Waals surface area contributed by atoms with Gasteiger partial charge in [-0.1, -0.05) is 6.07 Å². The lowest BCUT2D eigenvalue weighted by Crippen LogP contribution is -2.12. The lowest BCUT2D eigenvalue weighted by molar-refractivity contribution is 0.824. The summed E-state index contributed by atoms with van der Waals surface area (Å²) in [5.41, 5.74) is 3.79. The Hall–Kier alpha value is -1.77. The highest BCUT2D eigenvalue weighted by Gasteiger charge is 2.09. The number of hydrogen-bond donors (Lipinski definition) is 1. The van der Waals surface area contributed by atoms with E-state index in [0.717, 1.165) is 12.2 Å². The highest BCUT2D eigenvalue weighted by molar-refractivity contribution is 5.58. The average Bonchev–Trinajstić information content (AvgIpc) is 2.82. The molecule has 0 saturated carbocycles. The number of nitrogens with one attached hydrogen (secondary N) is 1. The van der Waals surface area contributed by atoms with E-state index in [2.05, 4.69) is 28.6 Å². The zero-order chi connectivity index (χ0) is 10.1. The molecule has 0 atom stereocenters. The molecule has 1 aliphatic rings. The molecular weight excluding hydrogens is 186 g/mol. The molecule has 3 rings (SSSR count). The summed E-state index contributed by atoms with van der Waals surface area (Å²) in [5, 5.41) is 7.65. The summed E-state index contributed by atoms with van der Waals surface area (Å²) in [6.07, 6.45) is 6.17. The molecule has 1 aromatic heterocycles. The van der Waals surface area contributed by atoms with Crippen molar-refractivity contribution in [3.05, 3.63) is 42.2 Å². The first kappa shape index (κ1) is 8.53. The van der Waals surface area contributed by atoms with Crippen molar-refractivity contribution >= 4 is 5.69 Å². The number of hydrogen-bond acceptors (Lipinski definition) is 2. The summed E-state index contributed by atoms with van der Waals surface area (Å²) < 4.78 is 1.89. The number of nitrogens with zero attached hydrogens (tertiary/aromatic N) is 2. The molecule has 0 unspecified atom stereocenters. The van der Waals surface area contributed by atoms with E-state index in [4.69, 9.17) is 0 Å². The van der Waals surface area contributed by atoms with E-state index in [9.17, 15) is 0 Å². The molecule has 3 nitrogen and oxygen atoms in total. The second-order valence-corrected chi connectivity index (χ2v) is 3.82. The predicted octanol–water partition coefficient (Wildman–Crippen LogP) is 2.23. The minimum Gasteiger partial charge on any atom is -0.385 e. The molecule has 1 aliphatic heterocycles. The summed E-state index contributed by atoms with van der Waals surface area (Å²) >= 11 is 0. The average molecular weight is 199 g/mol. The van der Waals surface area contributed by atoms with E-state index in [1.54, 1.807) is 6.20 Å². The van der Waals surface area contributed by atoms with Gasteiger partial charge in [0.05, 0.1) is 5.69 Å². The van der Waals surface area contributed by atoms with Gasteiger partial charge < -0.3 is 5.32 Å². The van der Waals surface area contributed by atoms with E-state index < -0.39 is 0 Å². The summed E-state index contributed by atoms with van der Waals surface area (Å²) in [6, 6.07) is 8.42. The van der Waals surface area contributed by atoms with Gasteiger partial charge >= 0.3 is 0 Å². The lowest BCUT2D eigenvalue weighted by atomic mass is 10.0. The Balaban J connectivity index is 2.04. The Morgan fingerprint density at radius 1 is 1.33 bits per heavy atom. The van der Waals surface area contributed by atoms with Gasteiger partial charge in [-0.25, -0.2) is 4.68 Å². The molecule has 0 radical (unpaired) electrons. The first-order valence-electron chi connectivity index (χ1n) is 5.30. The predicted molar refractivity (Wildman–Crippen MR) is 60.4 cm³/mol. The smallest absolute Gasteiger partial charge is 0.0666 e. The highest BCUT2D eigenvalue weighted by atomic mass is 15.3.